The maximum atomic E-state index is 13.2. The van der Waals surface area contributed by atoms with Gasteiger partial charge in [0.1, 0.15) is 0 Å². The predicted molar refractivity (Wildman–Crippen MR) is 499 cm³/mol. The normalized spacial score (nSPS) is 19.2. The lowest BCUT2D eigenvalue weighted by Gasteiger charge is -2.42. The van der Waals surface area contributed by atoms with Gasteiger partial charge >= 0.3 is 6.18 Å². The van der Waals surface area contributed by atoms with E-state index in [2.05, 4.69) is 235 Å². The molecule has 0 spiro atoms. The number of alkyl halides is 5. The average Bonchev–Trinajstić information content (AvgIpc) is 1.55. The first kappa shape index (κ1) is 127. The molecule has 117 heavy (non-hydrogen) atoms. The van der Waals surface area contributed by atoms with Gasteiger partial charge in [-0.3, -0.25) is 0 Å². The molecule has 6 aliphatic carbocycles. The first-order valence-corrected chi connectivity index (χ1v) is 47.6. The second-order valence-electron chi connectivity index (χ2n) is 45.2. The van der Waals surface area contributed by atoms with Gasteiger partial charge in [0.2, 0.25) is 0 Å². The lowest BCUT2D eigenvalue weighted by molar-refractivity contribution is -0.204. The van der Waals surface area contributed by atoms with Crippen molar-refractivity contribution in [2.24, 2.45) is 85.2 Å². The van der Waals surface area contributed by atoms with Gasteiger partial charge < -0.3 is 47.4 Å². The molecule has 15 heteroatoms. The Balaban J connectivity index is -0.000000288. The minimum Gasteiger partial charge on any atom is -0.379 e. The molecule has 714 valence electrons. The molecule has 6 aliphatic rings. The van der Waals surface area contributed by atoms with E-state index < -0.39 is 29.3 Å². The zero-order valence-corrected chi connectivity index (χ0v) is 86.8. The maximum absolute atomic E-state index is 13.2. The SMILES string of the molecule is CC(C)C1C(C(C)(C)C)C1(F)F.CC(C)CCC(C)(C)C.CC(C)CCOC(C)C.CC(C)OC(C)C.CC(C)OC1CCCCC1.CC(C)OCC(C)(C)C.CC(C)OCC1(C(F)(F)F)CC1.CC(C)OCC1CC(C)(C)C1.CC(C)OCC1CC1(C)C.CC(C)OCCC(C)(C)C.CC(C)OCCC1CCC1.CCCCOC(C)C. The van der Waals surface area contributed by atoms with Gasteiger partial charge in [-0.15, -0.1) is 0 Å². The second-order valence-corrected chi connectivity index (χ2v) is 45.2. The Morgan fingerprint density at radius 2 is 0.795 bits per heavy atom. The van der Waals surface area contributed by atoms with Crippen molar-refractivity contribution in [3.63, 3.8) is 0 Å². The van der Waals surface area contributed by atoms with Crippen LogP contribution in [0.5, 0.6) is 0 Å². The van der Waals surface area contributed by atoms with E-state index in [1.807, 2.05) is 62.3 Å². The van der Waals surface area contributed by atoms with Crippen LogP contribution in [0.25, 0.3) is 0 Å². The first-order chi connectivity index (χ1) is 52.9. The van der Waals surface area contributed by atoms with Gasteiger partial charge in [0.25, 0.3) is 5.92 Å². The van der Waals surface area contributed by atoms with Gasteiger partial charge in [-0.1, -0.05) is 211 Å². The molecule has 0 amide bonds. The van der Waals surface area contributed by atoms with Crippen LogP contribution in [0.1, 0.15) is 440 Å². The highest BCUT2D eigenvalue weighted by atomic mass is 19.4. The third kappa shape index (κ3) is 87.1. The summed E-state index contributed by atoms with van der Waals surface area (Å²) in [6, 6.07) is 0. The molecule has 0 aromatic carbocycles. The summed E-state index contributed by atoms with van der Waals surface area (Å²) < 4.78 is 117. The van der Waals surface area contributed by atoms with Crippen LogP contribution in [-0.4, -0.2) is 138 Å². The van der Waals surface area contributed by atoms with Gasteiger partial charge in [-0.2, -0.15) is 13.2 Å². The molecule has 3 atom stereocenters. The molecule has 0 N–H and O–H groups in total. The average molecular weight is 1690 g/mol. The number of unbranched alkanes of at least 4 members (excludes halogenated alkanes) is 1. The highest BCUT2D eigenvalue weighted by Crippen LogP contribution is 2.65. The molecule has 0 aliphatic heterocycles. The van der Waals surface area contributed by atoms with Crippen LogP contribution in [0.2, 0.25) is 0 Å². The van der Waals surface area contributed by atoms with Crippen LogP contribution in [0.4, 0.5) is 22.0 Å². The first-order valence-electron chi connectivity index (χ1n) is 47.6. The number of ether oxygens (including phenoxy) is 10. The minimum atomic E-state index is -4.08. The van der Waals surface area contributed by atoms with Crippen LogP contribution in [0.15, 0.2) is 0 Å². The predicted octanol–water partition coefficient (Wildman–Crippen LogP) is 32.2. The topological polar surface area (TPSA) is 92.3 Å². The van der Waals surface area contributed by atoms with Crippen molar-refractivity contribution in [2.45, 2.75) is 525 Å². The van der Waals surface area contributed by atoms with Crippen molar-refractivity contribution in [2.75, 3.05) is 52.9 Å². The second kappa shape index (κ2) is 65.8. The molecule has 6 saturated carbocycles. The highest BCUT2D eigenvalue weighted by Gasteiger charge is 2.72. The molecule has 0 bridgehead atoms. The number of halogens is 5. The Kier molecular flexibility index (Phi) is 71.4. The van der Waals surface area contributed by atoms with Gasteiger partial charge in [-0.25, -0.2) is 8.78 Å². The zero-order valence-electron chi connectivity index (χ0n) is 86.8. The number of hydrogen-bond acceptors (Lipinski definition) is 10. The van der Waals surface area contributed by atoms with Crippen molar-refractivity contribution in [1.82, 2.24) is 0 Å². The Labute approximate surface area is 729 Å². The smallest absolute Gasteiger partial charge is 0.379 e. The Morgan fingerprint density at radius 1 is 0.393 bits per heavy atom. The summed E-state index contributed by atoms with van der Waals surface area (Å²) in [5.74, 6) is 1.19. The van der Waals surface area contributed by atoms with Crippen LogP contribution < -0.4 is 0 Å². The highest BCUT2D eigenvalue weighted by molar-refractivity contribution is 5.11. The molecule has 0 aromatic heterocycles. The van der Waals surface area contributed by atoms with E-state index in [0.29, 0.717) is 94.2 Å². The fraction of sp³-hybridized carbons (Fsp3) is 1.00. The number of hydrogen-bond donors (Lipinski definition) is 0. The summed E-state index contributed by atoms with van der Waals surface area (Å²) in [6.07, 6.45) is 24.6. The van der Waals surface area contributed by atoms with Crippen molar-refractivity contribution < 1.29 is 69.3 Å². The van der Waals surface area contributed by atoms with E-state index in [1.165, 1.54) is 109 Å². The van der Waals surface area contributed by atoms with Crippen LogP contribution in [-0.2, 0) is 47.4 Å². The Hall–Kier alpha value is -0.750. The Bertz CT molecular complexity index is 2130. The molecule has 0 saturated heterocycles. The third-order valence-corrected chi connectivity index (χ3v) is 20.1. The molecule has 10 nitrogen and oxygen atoms in total. The largest absolute Gasteiger partial charge is 0.396 e. The summed E-state index contributed by atoms with van der Waals surface area (Å²) in [4.78, 5) is 0. The fourth-order valence-electron chi connectivity index (χ4n) is 12.5. The summed E-state index contributed by atoms with van der Waals surface area (Å²) in [5.41, 5.74) is 0.680. The van der Waals surface area contributed by atoms with Gasteiger partial charge in [0.05, 0.1) is 98.5 Å². The van der Waals surface area contributed by atoms with Crippen molar-refractivity contribution in [1.29, 1.82) is 0 Å². The summed E-state index contributed by atoms with van der Waals surface area (Å²) >= 11 is 0. The standard InChI is InChI=1S/C10H18F2.C10H20O.3C9H18O.C9H20O.C9H20.C8H13F3O.2C8H18O.C7H16O.C6H14O/c1-6(2)7-8(9(3,4)5)10(7,11)12;1-8(2)11-7-9-5-10(3,4)6-9;1-7(2)10-6-8-5-9(8,3)4;1-8(2)10-7-6-9-4-3-5-9;1-8(2)10-9-6-4-3-5-7-9;1-8(2)10-7-6-9(3,4)5;1-8(2)6-7-9(3,4)5;1-6(2)12-5-7(3-4-7)8(9,10)11;1-7(2)9-6-8(3,4)5;1-7(2)5-6-9-8(3)4;1-4-5-6-8-7(2)3;1-5(2)7-6(3)4/h6-8H,1-5H3;8-9H,5-7H2,1-4H3;7-8H,5-6H2,1-4H3;2*8-9H,3-7H2,1-2H3;8H,6-7H2,1-5H3;8H,6-7H2,1-5H3;6H,3-5H2,1-2H3;7H,6H2,1-5H3;7-8H,5-6H2,1-4H3;7H,4-6H2,1-3H3;5-6H,1-4H3. The third-order valence-electron chi connectivity index (χ3n) is 20.1. The Morgan fingerprint density at radius 3 is 1.06 bits per heavy atom. The molecular formula is C102H211F5O10. The van der Waals surface area contributed by atoms with E-state index in [4.69, 9.17) is 47.4 Å². The molecule has 0 radical (unpaired) electrons. The summed E-state index contributed by atoms with van der Waals surface area (Å²) in [5, 5.41) is 0. The maximum Gasteiger partial charge on any atom is 0.396 e. The molecule has 0 aromatic rings. The molecule has 0 heterocycles. The summed E-state index contributed by atoms with van der Waals surface area (Å²) in [6.45, 7) is 101. The van der Waals surface area contributed by atoms with Gasteiger partial charge in [0.15, 0.2) is 0 Å². The van der Waals surface area contributed by atoms with Crippen molar-refractivity contribution in [3.8, 4) is 0 Å². The lowest BCUT2D eigenvalue weighted by atomic mass is 9.65. The summed E-state index contributed by atoms with van der Waals surface area (Å²) in [7, 11) is 0. The van der Waals surface area contributed by atoms with E-state index in [9.17, 15) is 22.0 Å². The van der Waals surface area contributed by atoms with Gasteiger partial charge in [-0.05, 0) is 297 Å². The number of rotatable bonds is 33. The molecular weight excluding hydrogens is 1480 g/mol. The zero-order chi connectivity index (χ0) is 92.9. The van der Waals surface area contributed by atoms with E-state index in [1.54, 1.807) is 13.8 Å². The lowest BCUT2D eigenvalue weighted by Crippen LogP contribution is -2.34. The van der Waals surface area contributed by atoms with Gasteiger partial charge in [0, 0.05) is 44.9 Å². The molecule has 6 fully saturated rings. The molecule has 6 rings (SSSR count). The van der Waals surface area contributed by atoms with Crippen molar-refractivity contribution in [3.05, 3.63) is 0 Å². The molecule has 3 unspecified atom stereocenters. The van der Waals surface area contributed by atoms with Crippen LogP contribution >= 0.6 is 0 Å². The van der Waals surface area contributed by atoms with E-state index >= 15 is 0 Å². The van der Waals surface area contributed by atoms with Crippen molar-refractivity contribution >= 4 is 0 Å². The fourth-order valence-corrected chi connectivity index (χ4v) is 12.5. The van der Waals surface area contributed by atoms with Crippen LogP contribution in [0, 0.1) is 85.2 Å². The van der Waals surface area contributed by atoms with E-state index in [-0.39, 0.29) is 36.9 Å². The quantitative estimate of drug-likeness (QED) is 0.0467. The van der Waals surface area contributed by atoms with Crippen LogP contribution in [0.3, 0.4) is 0 Å². The monoisotopic (exact) mass is 1690 g/mol. The minimum absolute atomic E-state index is 0.101. The van der Waals surface area contributed by atoms with E-state index in [0.717, 1.165) is 82.3 Å².